The molecule has 1 aliphatic rings. The van der Waals surface area contributed by atoms with Gasteiger partial charge in [-0.3, -0.25) is 0 Å². The van der Waals surface area contributed by atoms with Crippen LogP contribution in [-0.4, -0.2) is 9.97 Å². The minimum atomic E-state index is -0.107. The zero-order valence-electron chi connectivity index (χ0n) is 31.5. The molecule has 6 aromatic rings. The van der Waals surface area contributed by atoms with Crippen molar-refractivity contribution in [3.05, 3.63) is 143 Å². The van der Waals surface area contributed by atoms with Crippen LogP contribution in [0.5, 0.6) is 0 Å². The molecule has 4 aromatic carbocycles. The van der Waals surface area contributed by atoms with Gasteiger partial charge in [0, 0.05) is 37.9 Å². The Morgan fingerprint density at radius 3 is 1.66 bits per heavy atom. The molecule has 0 bridgehead atoms. The van der Waals surface area contributed by atoms with E-state index in [1.165, 1.54) is 49.7 Å². The van der Waals surface area contributed by atoms with E-state index in [1.54, 1.807) is 0 Å². The molecule has 259 valence electrons. The van der Waals surface area contributed by atoms with E-state index in [4.69, 9.17) is 4.98 Å². The van der Waals surface area contributed by atoms with Gasteiger partial charge in [-0.1, -0.05) is 106 Å². The molecule has 50 heavy (non-hydrogen) atoms. The van der Waals surface area contributed by atoms with E-state index in [-0.39, 0.29) is 41.8 Å². The molecule has 7 rings (SSSR count). The number of aromatic nitrogens is 2. The topological polar surface area (TPSA) is 25.8 Å². The van der Waals surface area contributed by atoms with E-state index in [0.29, 0.717) is 0 Å². The van der Waals surface area contributed by atoms with Crippen LogP contribution in [0, 0.1) is 12.1 Å². The SMILES string of the molecule is CC(C)(C)c1cc[c-]c(-c2cc(C(C)(C)C)ccn2)c1.CC(C)(C)c1cc[c-]c(-c2nccc3c2C(C)(C)c2cc4ccccc4cc2-3)c1.[Ir]. The van der Waals surface area contributed by atoms with Gasteiger partial charge in [-0.15, -0.1) is 70.8 Å². The van der Waals surface area contributed by atoms with Crippen LogP contribution in [0.3, 0.4) is 0 Å². The van der Waals surface area contributed by atoms with Crippen LogP contribution in [0.4, 0.5) is 0 Å². The van der Waals surface area contributed by atoms with Crippen molar-refractivity contribution in [2.24, 2.45) is 0 Å². The Hall–Kier alpha value is -3.91. The molecule has 0 aliphatic heterocycles. The Kier molecular flexibility index (Phi) is 10.2. The maximum atomic E-state index is 4.86. The molecular formula is C47H50IrN2-2. The zero-order chi connectivity index (χ0) is 35.4. The number of nitrogens with zero attached hydrogens (tertiary/aromatic N) is 2. The number of hydrogen-bond donors (Lipinski definition) is 0. The van der Waals surface area contributed by atoms with Crippen LogP contribution in [0.2, 0.25) is 0 Å². The van der Waals surface area contributed by atoms with Gasteiger partial charge in [-0.25, -0.2) is 0 Å². The van der Waals surface area contributed by atoms with Crippen molar-refractivity contribution in [1.29, 1.82) is 0 Å². The zero-order valence-corrected chi connectivity index (χ0v) is 33.9. The minimum Gasteiger partial charge on any atom is -0.305 e. The smallest absolute Gasteiger partial charge is 0.0167 e. The normalized spacial score (nSPS) is 13.5. The average molecular weight is 835 g/mol. The van der Waals surface area contributed by atoms with E-state index >= 15 is 0 Å². The van der Waals surface area contributed by atoms with Crippen molar-refractivity contribution in [2.75, 3.05) is 0 Å². The first-order valence-corrected chi connectivity index (χ1v) is 17.5. The number of benzene rings is 4. The van der Waals surface area contributed by atoms with Gasteiger partial charge in [0.15, 0.2) is 0 Å². The Morgan fingerprint density at radius 1 is 0.540 bits per heavy atom. The van der Waals surface area contributed by atoms with Gasteiger partial charge in [0.2, 0.25) is 0 Å². The van der Waals surface area contributed by atoms with Crippen molar-refractivity contribution in [3.63, 3.8) is 0 Å². The molecule has 2 nitrogen and oxygen atoms in total. The summed E-state index contributed by atoms with van der Waals surface area (Å²) in [5.41, 5.74) is 13.7. The minimum absolute atomic E-state index is 0. The van der Waals surface area contributed by atoms with Crippen molar-refractivity contribution in [3.8, 4) is 33.6 Å². The summed E-state index contributed by atoms with van der Waals surface area (Å²) in [4.78, 5) is 9.38. The number of fused-ring (bicyclic) bond motifs is 4. The standard InChI is InChI=1S/C28H26N.C19H24N.Ir/c1-27(2,3)21-12-8-11-20(15-21)26-25-22(13-14-29-26)23-16-18-9-6-7-10-19(18)17-24(23)28(25,4)5;1-18(2,3)15-9-7-8-14(12-15)17-13-16(10-11-20-17)19(4,5)6;/h6-10,12-17H,1-5H3;7,9-13H,1-6H3;/q2*-1;. The second-order valence-corrected chi connectivity index (χ2v) is 17.1. The van der Waals surface area contributed by atoms with Crippen LogP contribution in [0.15, 0.2) is 103 Å². The van der Waals surface area contributed by atoms with Gasteiger partial charge in [0.05, 0.1) is 0 Å². The van der Waals surface area contributed by atoms with Gasteiger partial charge in [-0.05, 0) is 90.5 Å². The quantitative estimate of drug-likeness (QED) is 0.162. The molecule has 0 atom stereocenters. The molecule has 0 unspecified atom stereocenters. The third-order valence-corrected chi connectivity index (χ3v) is 9.92. The van der Waals surface area contributed by atoms with Crippen molar-refractivity contribution in [2.45, 2.75) is 97.8 Å². The second kappa shape index (κ2) is 13.7. The predicted molar refractivity (Wildman–Crippen MR) is 208 cm³/mol. The molecule has 0 amide bonds. The van der Waals surface area contributed by atoms with Gasteiger partial charge in [-0.2, -0.15) is 0 Å². The fourth-order valence-electron chi connectivity index (χ4n) is 6.83. The first-order valence-electron chi connectivity index (χ1n) is 17.5. The van der Waals surface area contributed by atoms with Crippen LogP contribution < -0.4 is 0 Å². The number of rotatable bonds is 2. The van der Waals surface area contributed by atoms with Gasteiger partial charge < -0.3 is 9.97 Å². The van der Waals surface area contributed by atoms with Crippen molar-refractivity contribution < 1.29 is 20.1 Å². The van der Waals surface area contributed by atoms with E-state index in [2.05, 4.69) is 172 Å². The predicted octanol–water partition coefficient (Wildman–Crippen LogP) is 12.4. The van der Waals surface area contributed by atoms with Gasteiger partial charge in [0.1, 0.15) is 0 Å². The Morgan fingerprint density at radius 2 is 1.06 bits per heavy atom. The van der Waals surface area contributed by atoms with Crippen LogP contribution in [0.25, 0.3) is 44.4 Å². The van der Waals surface area contributed by atoms with Crippen LogP contribution >= 0.6 is 0 Å². The summed E-state index contributed by atoms with van der Waals surface area (Å²) in [6, 6.07) is 39.4. The van der Waals surface area contributed by atoms with E-state index in [0.717, 1.165) is 22.5 Å². The molecule has 0 saturated heterocycles. The molecule has 2 heterocycles. The summed E-state index contributed by atoms with van der Waals surface area (Å²) in [6.07, 6.45) is 3.85. The summed E-state index contributed by atoms with van der Waals surface area (Å²) in [5, 5.41) is 2.58. The Bertz CT molecular complexity index is 2100. The Balaban J connectivity index is 0.000000204. The molecule has 0 N–H and O–H groups in total. The largest absolute Gasteiger partial charge is 0.305 e. The number of hydrogen-bond acceptors (Lipinski definition) is 2. The maximum absolute atomic E-state index is 4.86. The van der Waals surface area contributed by atoms with Crippen molar-refractivity contribution in [1.82, 2.24) is 9.97 Å². The first-order chi connectivity index (χ1) is 22.9. The van der Waals surface area contributed by atoms with E-state index < -0.39 is 0 Å². The summed E-state index contributed by atoms with van der Waals surface area (Å²) >= 11 is 0. The summed E-state index contributed by atoms with van der Waals surface area (Å²) in [6.45, 7) is 24.8. The maximum Gasteiger partial charge on any atom is 0.0167 e. The molecular weight excluding hydrogens is 785 g/mol. The fourth-order valence-corrected chi connectivity index (χ4v) is 6.83. The molecule has 0 saturated carbocycles. The van der Waals surface area contributed by atoms with E-state index in [9.17, 15) is 0 Å². The monoisotopic (exact) mass is 835 g/mol. The molecule has 3 heteroatoms. The van der Waals surface area contributed by atoms with Crippen molar-refractivity contribution >= 4 is 10.8 Å². The molecule has 0 spiro atoms. The third-order valence-electron chi connectivity index (χ3n) is 9.92. The molecule has 1 radical (unpaired) electrons. The summed E-state index contributed by atoms with van der Waals surface area (Å²) < 4.78 is 0. The fraction of sp³-hybridized carbons (Fsp3) is 0.319. The molecule has 0 fully saturated rings. The number of pyridine rings is 2. The summed E-state index contributed by atoms with van der Waals surface area (Å²) in [7, 11) is 0. The first kappa shape index (κ1) is 37.3. The summed E-state index contributed by atoms with van der Waals surface area (Å²) in [5.74, 6) is 0. The molecule has 2 aromatic heterocycles. The van der Waals surface area contributed by atoms with Gasteiger partial charge in [0.25, 0.3) is 0 Å². The van der Waals surface area contributed by atoms with Crippen LogP contribution in [0.1, 0.15) is 104 Å². The second-order valence-electron chi connectivity index (χ2n) is 17.1. The van der Waals surface area contributed by atoms with Gasteiger partial charge >= 0.3 is 0 Å². The van der Waals surface area contributed by atoms with E-state index in [1.807, 2.05) is 24.5 Å². The third kappa shape index (κ3) is 7.41. The molecule has 1 aliphatic carbocycles. The Labute approximate surface area is 314 Å². The average Bonchev–Trinajstić information content (AvgIpc) is 3.28. The van der Waals surface area contributed by atoms with Crippen LogP contribution in [-0.2, 0) is 41.8 Å².